The number of carboxylic acids is 1. The first-order valence-electron chi connectivity index (χ1n) is 5.39. The molecule has 0 aliphatic carbocycles. The van der Waals surface area contributed by atoms with Gasteiger partial charge in [0.15, 0.2) is 0 Å². The number of hydrogen-bond donors (Lipinski definition) is 2. The molecule has 16 heavy (non-hydrogen) atoms. The Kier molecular flexibility index (Phi) is 6.25. The van der Waals surface area contributed by atoms with Gasteiger partial charge in [0, 0.05) is 18.9 Å². The molecule has 0 spiro atoms. The summed E-state index contributed by atoms with van der Waals surface area (Å²) >= 11 is 1.29. The van der Waals surface area contributed by atoms with E-state index in [1.165, 1.54) is 11.8 Å². The molecule has 2 N–H and O–H groups in total. The fourth-order valence-electron chi connectivity index (χ4n) is 1.47. The van der Waals surface area contributed by atoms with Crippen LogP contribution in [0, 0.1) is 0 Å². The van der Waals surface area contributed by atoms with E-state index in [0.717, 1.165) is 19.3 Å². The normalized spacial score (nSPS) is 20.4. The molecule has 1 saturated heterocycles. The van der Waals surface area contributed by atoms with Crippen molar-refractivity contribution in [3.8, 4) is 0 Å². The van der Waals surface area contributed by atoms with E-state index in [2.05, 4.69) is 5.32 Å². The Morgan fingerprint density at radius 1 is 1.44 bits per heavy atom. The van der Waals surface area contributed by atoms with Crippen molar-refractivity contribution >= 4 is 23.6 Å². The van der Waals surface area contributed by atoms with Gasteiger partial charge >= 0.3 is 5.97 Å². The van der Waals surface area contributed by atoms with Crippen LogP contribution in [-0.4, -0.2) is 47.7 Å². The fraction of sp³-hybridized carbons (Fsp3) is 0.800. The average molecular weight is 247 g/mol. The molecule has 92 valence electrons. The number of thioether (sulfide) groups is 1. The van der Waals surface area contributed by atoms with Crippen molar-refractivity contribution in [1.29, 1.82) is 0 Å². The SMILES string of the molecule is O=C(O)CSCCNC(=O)C1CCCCO1. The molecule has 0 radical (unpaired) electrons. The van der Waals surface area contributed by atoms with Crippen LogP contribution in [0.1, 0.15) is 19.3 Å². The monoisotopic (exact) mass is 247 g/mol. The predicted octanol–water partition coefficient (Wildman–Crippen LogP) is 0.489. The molecule has 1 unspecified atom stereocenters. The van der Waals surface area contributed by atoms with Crippen molar-refractivity contribution in [3.63, 3.8) is 0 Å². The summed E-state index contributed by atoms with van der Waals surface area (Å²) in [7, 11) is 0. The smallest absolute Gasteiger partial charge is 0.313 e. The summed E-state index contributed by atoms with van der Waals surface area (Å²) in [6.07, 6.45) is 2.54. The standard InChI is InChI=1S/C10H17NO4S/c12-9(13)7-16-6-4-11-10(14)8-3-1-2-5-15-8/h8H,1-7H2,(H,11,14)(H,12,13). The molecule has 0 aromatic rings. The van der Waals surface area contributed by atoms with Gasteiger partial charge in [-0.15, -0.1) is 11.8 Å². The zero-order chi connectivity index (χ0) is 11.8. The van der Waals surface area contributed by atoms with Gasteiger partial charge in [-0.05, 0) is 19.3 Å². The summed E-state index contributed by atoms with van der Waals surface area (Å²) in [5.74, 6) is -0.205. The number of rotatable bonds is 6. The van der Waals surface area contributed by atoms with E-state index in [9.17, 15) is 9.59 Å². The molecule has 6 heteroatoms. The van der Waals surface area contributed by atoms with Crippen molar-refractivity contribution in [1.82, 2.24) is 5.32 Å². The van der Waals surface area contributed by atoms with Crippen LogP contribution in [0.25, 0.3) is 0 Å². The van der Waals surface area contributed by atoms with Crippen LogP contribution in [0.4, 0.5) is 0 Å². The van der Waals surface area contributed by atoms with Crippen molar-refractivity contribution in [3.05, 3.63) is 0 Å². The maximum absolute atomic E-state index is 11.5. The number of nitrogens with one attached hydrogen (secondary N) is 1. The first-order valence-corrected chi connectivity index (χ1v) is 6.54. The third-order valence-electron chi connectivity index (χ3n) is 2.24. The van der Waals surface area contributed by atoms with Gasteiger partial charge < -0.3 is 15.2 Å². The highest BCUT2D eigenvalue weighted by Crippen LogP contribution is 2.12. The largest absolute Gasteiger partial charge is 0.481 e. The molecular weight excluding hydrogens is 230 g/mol. The van der Waals surface area contributed by atoms with Crippen molar-refractivity contribution < 1.29 is 19.4 Å². The second kappa shape index (κ2) is 7.51. The molecule has 5 nitrogen and oxygen atoms in total. The van der Waals surface area contributed by atoms with E-state index in [1.807, 2.05) is 0 Å². The molecule has 0 saturated carbocycles. The fourth-order valence-corrected chi connectivity index (χ4v) is 2.03. The second-order valence-corrected chi connectivity index (χ2v) is 4.70. The maximum Gasteiger partial charge on any atom is 0.313 e. The Balaban J connectivity index is 2.03. The third-order valence-corrected chi connectivity index (χ3v) is 3.19. The maximum atomic E-state index is 11.5. The zero-order valence-corrected chi connectivity index (χ0v) is 9.92. The first kappa shape index (κ1) is 13.3. The highest BCUT2D eigenvalue weighted by molar-refractivity contribution is 7.99. The van der Waals surface area contributed by atoms with Crippen molar-refractivity contribution in [2.45, 2.75) is 25.4 Å². The summed E-state index contributed by atoms with van der Waals surface area (Å²) in [4.78, 5) is 21.7. The van der Waals surface area contributed by atoms with Gasteiger partial charge in [0.2, 0.25) is 5.91 Å². The summed E-state index contributed by atoms with van der Waals surface area (Å²) in [6, 6.07) is 0. The van der Waals surface area contributed by atoms with Gasteiger partial charge in [-0.1, -0.05) is 0 Å². The average Bonchev–Trinajstić information content (AvgIpc) is 2.29. The van der Waals surface area contributed by atoms with Crippen LogP contribution >= 0.6 is 11.8 Å². The lowest BCUT2D eigenvalue weighted by Crippen LogP contribution is -2.39. The lowest BCUT2D eigenvalue weighted by atomic mass is 10.1. The Bertz CT molecular complexity index is 241. The van der Waals surface area contributed by atoms with Gasteiger partial charge in [-0.25, -0.2) is 0 Å². The molecule has 1 aliphatic heterocycles. The van der Waals surface area contributed by atoms with Crippen LogP contribution in [-0.2, 0) is 14.3 Å². The Morgan fingerprint density at radius 3 is 2.88 bits per heavy atom. The van der Waals surface area contributed by atoms with E-state index < -0.39 is 5.97 Å². The number of carbonyl (C=O) groups excluding carboxylic acids is 1. The van der Waals surface area contributed by atoms with Crippen LogP contribution in [0.15, 0.2) is 0 Å². The van der Waals surface area contributed by atoms with E-state index in [4.69, 9.17) is 9.84 Å². The Hall–Kier alpha value is -0.750. The van der Waals surface area contributed by atoms with Gasteiger partial charge in [0.1, 0.15) is 6.10 Å². The van der Waals surface area contributed by atoms with Crippen LogP contribution in [0.2, 0.25) is 0 Å². The van der Waals surface area contributed by atoms with Crippen LogP contribution < -0.4 is 5.32 Å². The van der Waals surface area contributed by atoms with E-state index in [1.54, 1.807) is 0 Å². The summed E-state index contributed by atoms with van der Waals surface area (Å²) in [5.41, 5.74) is 0. The minimum Gasteiger partial charge on any atom is -0.481 e. The van der Waals surface area contributed by atoms with Crippen LogP contribution in [0.5, 0.6) is 0 Å². The van der Waals surface area contributed by atoms with E-state index in [-0.39, 0.29) is 17.8 Å². The number of ether oxygens (including phenoxy) is 1. The highest BCUT2D eigenvalue weighted by atomic mass is 32.2. The highest BCUT2D eigenvalue weighted by Gasteiger charge is 2.21. The molecule has 0 aromatic carbocycles. The minimum atomic E-state index is -0.827. The zero-order valence-electron chi connectivity index (χ0n) is 9.11. The number of hydrogen-bond acceptors (Lipinski definition) is 4. The number of amides is 1. The third kappa shape index (κ3) is 5.37. The van der Waals surface area contributed by atoms with E-state index >= 15 is 0 Å². The molecule has 1 fully saturated rings. The van der Waals surface area contributed by atoms with Gasteiger partial charge in [0.05, 0.1) is 5.75 Å². The van der Waals surface area contributed by atoms with E-state index in [0.29, 0.717) is 18.9 Å². The minimum absolute atomic E-state index is 0.0735. The lowest BCUT2D eigenvalue weighted by molar-refractivity contribution is -0.135. The molecule has 1 atom stereocenters. The second-order valence-electron chi connectivity index (χ2n) is 3.59. The van der Waals surface area contributed by atoms with Crippen molar-refractivity contribution in [2.75, 3.05) is 24.7 Å². The quantitative estimate of drug-likeness (QED) is 0.668. The lowest BCUT2D eigenvalue weighted by Gasteiger charge is -2.21. The number of aliphatic carboxylic acids is 1. The summed E-state index contributed by atoms with van der Waals surface area (Å²) in [6.45, 7) is 1.16. The Morgan fingerprint density at radius 2 is 2.25 bits per heavy atom. The molecule has 1 rings (SSSR count). The molecule has 0 bridgehead atoms. The molecular formula is C10H17NO4S. The topological polar surface area (TPSA) is 75.6 Å². The number of carbonyl (C=O) groups is 2. The molecule has 1 heterocycles. The summed E-state index contributed by atoms with van der Waals surface area (Å²) < 4.78 is 5.32. The van der Waals surface area contributed by atoms with Crippen molar-refractivity contribution in [2.24, 2.45) is 0 Å². The molecule has 1 amide bonds. The van der Waals surface area contributed by atoms with Gasteiger partial charge in [0.25, 0.3) is 0 Å². The predicted molar refractivity (Wildman–Crippen MR) is 61.6 cm³/mol. The molecule has 0 aromatic heterocycles. The summed E-state index contributed by atoms with van der Waals surface area (Å²) in [5, 5.41) is 11.1. The Labute approximate surface area is 98.9 Å². The number of carboxylic acid groups (broad SMARTS) is 1. The van der Waals surface area contributed by atoms with Crippen LogP contribution in [0.3, 0.4) is 0 Å². The van der Waals surface area contributed by atoms with Gasteiger partial charge in [-0.3, -0.25) is 9.59 Å². The molecule has 1 aliphatic rings. The first-order chi connectivity index (χ1) is 7.70. The van der Waals surface area contributed by atoms with Gasteiger partial charge in [-0.2, -0.15) is 0 Å².